The first-order valence-electron chi connectivity index (χ1n) is 7.36. The predicted molar refractivity (Wildman–Crippen MR) is 85.4 cm³/mol. The Morgan fingerprint density at radius 2 is 2.09 bits per heavy atom. The Morgan fingerprint density at radius 1 is 1.26 bits per heavy atom. The molecule has 1 saturated heterocycles. The molecule has 1 aromatic heterocycles. The van der Waals surface area contributed by atoms with E-state index in [9.17, 15) is 9.59 Å². The van der Waals surface area contributed by atoms with Gasteiger partial charge < -0.3 is 4.74 Å². The molecule has 116 valence electrons. The van der Waals surface area contributed by atoms with Crippen LogP contribution in [0.4, 0.5) is 4.79 Å². The van der Waals surface area contributed by atoms with E-state index >= 15 is 0 Å². The van der Waals surface area contributed by atoms with E-state index in [4.69, 9.17) is 4.74 Å². The lowest BCUT2D eigenvalue weighted by Crippen LogP contribution is -2.39. The van der Waals surface area contributed by atoms with Crippen LogP contribution in [0.5, 0.6) is 0 Å². The zero-order valence-corrected chi connectivity index (χ0v) is 12.5. The smallest absolute Gasteiger partial charge is 0.417 e. The van der Waals surface area contributed by atoms with Gasteiger partial charge in [0, 0.05) is 18.5 Å². The van der Waals surface area contributed by atoms with Gasteiger partial charge in [0.2, 0.25) is 0 Å². The van der Waals surface area contributed by atoms with E-state index < -0.39 is 6.09 Å². The minimum absolute atomic E-state index is 0.222. The van der Waals surface area contributed by atoms with Crippen molar-refractivity contribution in [3.8, 4) is 0 Å². The highest BCUT2D eigenvalue weighted by atomic mass is 16.6. The number of aromatic nitrogens is 1. The molecule has 0 aliphatic carbocycles. The number of pyridine rings is 1. The van der Waals surface area contributed by atoms with Crippen molar-refractivity contribution in [1.82, 2.24) is 9.88 Å². The second-order valence-electron chi connectivity index (χ2n) is 5.25. The van der Waals surface area contributed by atoms with Gasteiger partial charge >= 0.3 is 6.09 Å². The molecule has 2 heterocycles. The van der Waals surface area contributed by atoms with Crippen LogP contribution in [0.15, 0.2) is 60.9 Å². The Labute approximate surface area is 134 Å². The van der Waals surface area contributed by atoms with Crippen molar-refractivity contribution in [2.75, 3.05) is 6.61 Å². The fourth-order valence-electron chi connectivity index (χ4n) is 2.49. The molecule has 2 aromatic rings. The normalized spacial score (nSPS) is 17.5. The third-order valence-electron chi connectivity index (χ3n) is 3.62. The molecule has 1 fully saturated rings. The van der Waals surface area contributed by atoms with Crippen molar-refractivity contribution in [3.05, 3.63) is 72.1 Å². The van der Waals surface area contributed by atoms with Crippen LogP contribution in [-0.2, 0) is 16.0 Å². The third-order valence-corrected chi connectivity index (χ3v) is 3.62. The van der Waals surface area contributed by atoms with Crippen molar-refractivity contribution in [3.63, 3.8) is 0 Å². The molecule has 2 amide bonds. The number of ether oxygens (including phenoxy) is 1. The largest absolute Gasteiger partial charge is 0.447 e. The summed E-state index contributed by atoms with van der Waals surface area (Å²) in [4.78, 5) is 29.4. The van der Waals surface area contributed by atoms with Gasteiger partial charge in [0.05, 0.1) is 6.04 Å². The lowest BCUT2D eigenvalue weighted by atomic mass is 10.1. The summed E-state index contributed by atoms with van der Waals surface area (Å²) in [5.41, 5.74) is 1.86. The fourth-order valence-corrected chi connectivity index (χ4v) is 2.49. The van der Waals surface area contributed by atoms with Gasteiger partial charge in [-0.25, -0.2) is 9.69 Å². The van der Waals surface area contributed by atoms with Gasteiger partial charge in [0.25, 0.3) is 5.91 Å². The van der Waals surface area contributed by atoms with Crippen molar-refractivity contribution >= 4 is 18.1 Å². The highest BCUT2D eigenvalue weighted by Crippen LogP contribution is 2.18. The Kier molecular flexibility index (Phi) is 4.47. The molecule has 0 bridgehead atoms. The van der Waals surface area contributed by atoms with E-state index in [2.05, 4.69) is 4.98 Å². The number of rotatable bonds is 4. The van der Waals surface area contributed by atoms with Gasteiger partial charge in [-0.15, -0.1) is 0 Å². The van der Waals surface area contributed by atoms with Crippen LogP contribution in [0.3, 0.4) is 0 Å². The molecular formula is C18H16N2O3. The van der Waals surface area contributed by atoms with Crippen LogP contribution in [0.1, 0.15) is 11.1 Å². The summed E-state index contributed by atoms with van der Waals surface area (Å²) in [7, 11) is 0. The SMILES string of the molecule is O=C(/C=C/c1cccnc1)N1C(=O)OC[C@@H]1Cc1ccccc1. The minimum Gasteiger partial charge on any atom is -0.447 e. The van der Waals surface area contributed by atoms with Gasteiger partial charge in [-0.3, -0.25) is 9.78 Å². The number of hydrogen-bond acceptors (Lipinski definition) is 4. The molecule has 0 N–H and O–H groups in total. The summed E-state index contributed by atoms with van der Waals surface area (Å²) in [5, 5.41) is 0. The van der Waals surface area contributed by atoms with E-state index in [1.54, 1.807) is 24.5 Å². The lowest BCUT2D eigenvalue weighted by molar-refractivity contribution is -0.124. The number of cyclic esters (lactones) is 1. The first kappa shape index (κ1) is 15.0. The third kappa shape index (κ3) is 3.63. The molecule has 0 unspecified atom stereocenters. The quantitative estimate of drug-likeness (QED) is 0.815. The van der Waals surface area contributed by atoms with E-state index in [-0.39, 0.29) is 18.6 Å². The maximum atomic E-state index is 12.3. The summed E-state index contributed by atoms with van der Waals surface area (Å²) in [6.45, 7) is 0.222. The zero-order chi connectivity index (χ0) is 16.1. The fraction of sp³-hybridized carbons (Fsp3) is 0.167. The van der Waals surface area contributed by atoms with Gasteiger partial charge in [-0.2, -0.15) is 0 Å². The molecule has 1 atom stereocenters. The molecule has 3 rings (SSSR count). The first-order chi connectivity index (χ1) is 11.2. The maximum Gasteiger partial charge on any atom is 0.417 e. The summed E-state index contributed by atoms with van der Waals surface area (Å²) < 4.78 is 5.04. The van der Waals surface area contributed by atoms with Crippen LogP contribution in [-0.4, -0.2) is 34.5 Å². The number of carbonyl (C=O) groups is 2. The molecule has 23 heavy (non-hydrogen) atoms. The van der Waals surface area contributed by atoms with Crippen molar-refractivity contribution in [2.24, 2.45) is 0 Å². The molecule has 5 heteroatoms. The minimum atomic E-state index is -0.591. The Morgan fingerprint density at radius 3 is 2.83 bits per heavy atom. The van der Waals surface area contributed by atoms with Gasteiger partial charge in [0.15, 0.2) is 0 Å². The molecule has 0 saturated carbocycles. The van der Waals surface area contributed by atoms with Crippen LogP contribution >= 0.6 is 0 Å². The van der Waals surface area contributed by atoms with Gasteiger partial charge in [-0.05, 0) is 29.7 Å². The number of imide groups is 1. The Hall–Kier alpha value is -2.95. The second-order valence-corrected chi connectivity index (χ2v) is 5.25. The number of amides is 2. The standard InChI is InChI=1S/C18H16N2O3/c21-17(9-8-15-7-4-10-19-12-15)20-16(13-23-18(20)22)11-14-5-2-1-3-6-14/h1-10,12,16H,11,13H2/b9-8+/t16-/m0/s1. The van der Waals surface area contributed by atoms with E-state index in [0.29, 0.717) is 6.42 Å². The van der Waals surface area contributed by atoms with E-state index in [0.717, 1.165) is 11.1 Å². The molecule has 0 spiro atoms. The molecule has 1 aliphatic rings. The predicted octanol–water partition coefficient (Wildman–Crippen LogP) is 2.68. The molecular weight excluding hydrogens is 292 g/mol. The number of benzene rings is 1. The van der Waals surface area contributed by atoms with Crippen LogP contribution in [0, 0.1) is 0 Å². The highest BCUT2D eigenvalue weighted by molar-refractivity contribution is 6.02. The molecule has 1 aromatic carbocycles. The number of carbonyl (C=O) groups excluding carboxylic acids is 2. The average Bonchev–Trinajstić information content (AvgIpc) is 2.95. The second kappa shape index (κ2) is 6.87. The van der Waals surface area contributed by atoms with E-state index in [1.165, 1.54) is 11.0 Å². The topological polar surface area (TPSA) is 59.5 Å². The maximum absolute atomic E-state index is 12.3. The summed E-state index contributed by atoms with van der Waals surface area (Å²) in [6, 6.07) is 13.1. The zero-order valence-electron chi connectivity index (χ0n) is 12.5. The van der Waals surface area contributed by atoms with E-state index in [1.807, 2.05) is 36.4 Å². The number of hydrogen-bond donors (Lipinski definition) is 0. The number of nitrogens with zero attached hydrogens (tertiary/aromatic N) is 2. The average molecular weight is 308 g/mol. The summed E-state index contributed by atoms with van der Waals surface area (Å²) in [5.74, 6) is -0.378. The molecule has 5 nitrogen and oxygen atoms in total. The molecule has 0 radical (unpaired) electrons. The first-order valence-corrected chi connectivity index (χ1v) is 7.36. The molecule has 1 aliphatic heterocycles. The van der Waals surface area contributed by atoms with Crippen LogP contribution < -0.4 is 0 Å². The Balaban J connectivity index is 1.72. The lowest BCUT2D eigenvalue weighted by Gasteiger charge is -2.18. The van der Waals surface area contributed by atoms with Crippen LogP contribution in [0.2, 0.25) is 0 Å². The van der Waals surface area contributed by atoms with Crippen LogP contribution in [0.25, 0.3) is 6.08 Å². The van der Waals surface area contributed by atoms with Crippen molar-refractivity contribution in [2.45, 2.75) is 12.5 Å². The monoisotopic (exact) mass is 308 g/mol. The highest BCUT2D eigenvalue weighted by Gasteiger charge is 2.36. The van der Waals surface area contributed by atoms with Gasteiger partial charge in [0.1, 0.15) is 6.61 Å². The van der Waals surface area contributed by atoms with Crippen molar-refractivity contribution in [1.29, 1.82) is 0 Å². The van der Waals surface area contributed by atoms with Crippen molar-refractivity contribution < 1.29 is 14.3 Å². The Bertz CT molecular complexity index is 714. The summed E-state index contributed by atoms with van der Waals surface area (Å²) in [6.07, 6.45) is 6.31. The summed E-state index contributed by atoms with van der Waals surface area (Å²) >= 11 is 0. The van der Waals surface area contributed by atoms with Gasteiger partial charge in [-0.1, -0.05) is 36.4 Å².